The predicted molar refractivity (Wildman–Crippen MR) is 132 cm³/mol. The maximum absolute atomic E-state index is 13.1. The van der Waals surface area contributed by atoms with Crippen molar-refractivity contribution in [2.45, 2.75) is 13.5 Å². The number of benzene rings is 3. The number of para-hydroxylation sites is 2. The Morgan fingerprint density at radius 1 is 0.909 bits per heavy atom. The van der Waals surface area contributed by atoms with Gasteiger partial charge in [0.15, 0.2) is 0 Å². The SMILES string of the molecule is Cc1c(/C=C2/C(=O)NN(c3ccccc3)C2=O)c2ccccc2n1Cc1ccc(Cl)c(Cl)c1. The summed E-state index contributed by atoms with van der Waals surface area (Å²) in [6.07, 6.45) is 1.68. The standard InChI is InChI=1S/C26H19Cl2N3O2/c1-16-20(14-21-25(32)29-31(26(21)33)18-7-3-2-4-8-18)19-9-5-6-10-24(19)30(16)15-17-11-12-22(27)23(28)13-17/h2-14H,15H2,1H3,(H,29,32)/b21-14-. The maximum atomic E-state index is 13.1. The zero-order valence-corrected chi connectivity index (χ0v) is 19.2. The van der Waals surface area contributed by atoms with Crippen LogP contribution in [-0.4, -0.2) is 16.4 Å². The number of carbonyl (C=O) groups excluding carboxylic acids is 2. The molecule has 0 spiro atoms. The molecule has 1 aliphatic heterocycles. The van der Waals surface area contributed by atoms with Crippen molar-refractivity contribution in [1.29, 1.82) is 0 Å². The lowest BCUT2D eigenvalue weighted by molar-refractivity contribution is -0.117. The first-order valence-electron chi connectivity index (χ1n) is 10.4. The summed E-state index contributed by atoms with van der Waals surface area (Å²) in [5.74, 6) is -0.809. The smallest absolute Gasteiger partial charge is 0.282 e. The summed E-state index contributed by atoms with van der Waals surface area (Å²) in [6, 6.07) is 22.5. The highest BCUT2D eigenvalue weighted by atomic mass is 35.5. The topological polar surface area (TPSA) is 54.3 Å². The third-order valence-electron chi connectivity index (χ3n) is 5.80. The lowest BCUT2D eigenvalue weighted by atomic mass is 10.1. The Hall–Kier alpha value is -3.54. The second kappa shape index (κ2) is 8.43. The molecule has 1 aliphatic rings. The van der Waals surface area contributed by atoms with E-state index in [4.69, 9.17) is 23.2 Å². The number of halogens is 2. The second-order valence-electron chi connectivity index (χ2n) is 7.83. The summed E-state index contributed by atoms with van der Waals surface area (Å²) in [5, 5.41) is 3.24. The van der Waals surface area contributed by atoms with Gasteiger partial charge < -0.3 is 4.57 Å². The van der Waals surface area contributed by atoms with Gasteiger partial charge in [-0.3, -0.25) is 15.0 Å². The zero-order valence-electron chi connectivity index (χ0n) is 17.7. The Morgan fingerprint density at radius 2 is 1.64 bits per heavy atom. The highest BCUT2D eigenvalue weighted by Gasteiger charge is 2.34. The fourth-order valence-electron chi connectivity index (χ4n) is 4.12. The van der Waals surface area contributed by atoms with Crippen molar-refractivity contribution < 1.29 is 9.59 Å². The van der Waals surface area contributed by atoms with Crippen molar-refractivity contribution in [3.8, 4) is 0 Å². The molecule has 2 heterocycles. The molecule has 0 radical (unpaired) electrons. The number of rotatable bonds is 4. The largest absolute Gasteiger partial charge is 0.340 e. The molecule has 164 valence electrons. The Balaban J connectivity index is 1.58. The Kier molecular flexibility index (Phi) is 5.44. The number of hydrogen-bond acceptors (Lipinski definition) is 2. The van der Waals surface area contributed by atoms with Crippen molar-refractivity contribution in [3.63, 3.8) is 0 Å². The quantitative estimate of drug-likeness (QED) is 0.301. The first-order chi connectivity index (χ1) is 15.9. The van der Waals surface area contributed by atoms with Crippen molar-refractivity contribution >= 4 is 57.7 Å². The Labute approximate surface area is 200 Å². The van der Waals surface area contributed by atoms with Gasteiger partial charge in [-0.15, -0.1) is 0 Å². The van der Waals surface area contributed by atoms with Crippen LogP contribution < -0.4 is 10.4 Å². The molecule has 0 atom stereocenters. The van der Waals surface area contributed by atoms with Crippen LogP contribution in [0.5, 0.6) is 0 Å². The van der Waals surface area contributed by atoms with Crippen LogP contribution in [0.1, 0.15) is 16.8 Å². The molecule has 1 N–H and O–H groups in total. The molecular weight excluding hydrogens is 457 g/mol. The van der Waals surface area contributed by atoms with Gasteiger partial charge in [-0.2, -0.15) is 0 Å². The van der Waals surface area contributed by atoms with Gasteiger partial charge in [0.25, 0.3) is 11.8 Å². The highest BCUT2D eigenvalue weighted by molar-refractivity contribution is 6.42. The molecule has 0 bridgehead atoms. The number of carbonyl (C=O) groups is 2. The van der Waals surface area contributed by atoms with E-state index >= 15 is 0 Å². The van der Waals surface area contributed by atoms with Gasteiger partial charge in [0.1, 0.15) is 5.57 Å². The van der Waals surface area contributed by atoms with Gasteiger partial charge >= 0.3 is 0 Å². The molecule has 5 nitrogen and oxygen atoms in total. The minimum absolute atomic E-state index is 0.0967. The number of nitrogens with one attached hydrogen (secondary N) is 1. The van der Waals surface area contributed by atoms with Crippen molar-refractivity contribution in [1.82, 2.24) is 9.99 Å². The number of amides is 2. The normalized spacial score (nSPS) is 15.0. The summed E-state index contributed by atoms with van der Waals surface area (Å²) in [5.41, 5.74) is 7.13. The van der Waals surface area contributed by atoms with Gasteiger partial charge in [-0.1, -0.05) is 65.7 Å². The number of hydrogen-bond donors (Lipinski definition) is 1. The summed E-state index contributed by atoms with van der Waals surface area (Å²) in [6.45, 7) is 2.55. The molecule has 7 heteroatoms. The number of fused-ring (bicyclic) bond motifs is 1. The molecular formula is C26H19Cl2N3O2. The zero-order chi connectivity index (χ0) is 23.1. The van der Waals surface area contributed by atoms with Crippen LogP contribution in [0, 0.1) is 6.92 Å². The van der Waals surface area contributed by atoms with E-state index in [2.05, 4.69) is 9.99 Å². The van der Waals surface area contributed by atoms with E-state index in [1.54, 1.807) is 24.3 Å². The van der Waals surface area contributed by atoms with Crippen LogP contribution in [0.4, 0.5) is 5.69 Å². The third kappa shape index (κ3) is 3.80. The minimum atomic E-state index is -0.426. The summed E-state index contributed by atoms with van der Waals surface area (Å²) in [7, 11) is 0. The number of hydrazine groups is 1. The molecule has 2 amide bonds. The van der Waals surface area contributed by atoms with E-state index in [1.807, 2.05) is 61.5 Å². The molecule has 33 heavy (non-hydrogen) atoms. The summed E-state index contributed by atoms with van der Waals surface area (Å²) in [4.78, 5) is 25.8. The average Bonchev–Trinajstić information content (AvgIpc) is 3.25. The number of nitrogens with zero attached hydrogens (tertiary/aromatic N) is 2. The van der Waals surface area contributed by atoms with Crippen molar-refractivity contribution in [3.05, 3.63) is 105 Å². The van der Waals surface area contributed by atoms with Crippen LogP contribution in [0.15, 0.2) is 78.4 Å². The summed E-state index contributed by atoms with van der Waals surface area (Å²) < 4.78 is 2.15. The molecule has 1 saturated heterocycles. The molecule has 1 fully saturated rings. The molecule has 5 rings (SSSR count). The van der Waals surface area contributed by atoms with E-state index in [9.17, 15) is 9.59 Å². The van der Waals surface area contributed by atoms with E-state index in [0.717, 1.165) is 27.7 Å². The second-order valence-corrected chi connectivity index (χ2v) is 8.64. The lowest BCUT2D eigenvalue weighted by Gasteiger charge is -2.13. The van der Waals surface area contributed by atoms with Crippen LogP contribution in [-0.2, 0) is 16.1 Å². The molecule has 3 aromatic carbocycles. The summed E-state index contributed by atoms with van der Waals surface area (Å²) >= 11 is 12.3. The van der Waals surface area contributed by atoms with Gasteiger partial charge in [-0.05, 0) is 48.9 Å². The van der Waals surface area contributed by atoms with E-state index < -0.39 is 5.91 Å². The van der Waals surface area contributed by atoms with Crippen LogP contribution in [0.2, 0.25) is 10.0 Å². The Morgan fingerprint density at radius 3 is 2.39 bits per heavy atom. The molecule has 4 aromatic rings. The first-order valence-corrected chi connectivity index (χ1v) is 11.1. The van der Waals surface area contributed by atoms with Crippen LogP contribution >= 0.6 is 23.2 Å². The molecule has 0 saturated carbocycles. The number of anilines is 1. The van der Waals surface area contributed by atoms with Crippen molar-refractivity contribution in [2.75, 3.05) is 5.01 Å². The van der Waals surface area contributed by atoms with Crippen LogP contribution in [0.3, 0.4) is 0 Å². The average molecular weight is 476 g/mol. The monoisotopic (exact) mass is 475 g/mol. The van der Waals surface area contributed by atoms with Gasteiger partial charge in [0.2, 0.25) is 0 Å². The highest BCUT2D eigenvalue weighted by Crippen LogP contribution is 2.31. The minimum Gasteiger partial charge on any atom is -0.340 e. The number of aromatic nitrogens is 1. The van der Waals surface area contributed by atoms with Gasteiger partial charge in [0, 0.05) is 28.7 Å². The molecule has 0 aliphatic carbocycles. The van der Waals surface area contributed by atoms with Crippen LogP contribution in [0.25, 0.3) is 17.0 Å². The fourth-order valence-corrected chi connectivity index (χ4v) is 4.45. The predicted octanol–water partition coefficient (Wildman–Crippen LogP) is 5.77. The van der Waals surface area contributed by atoms with Crippen molar-refractivity contribution in [2.24, 2.45) is 0 Å². The molecule has 0 unspecified atom stereocenters. The molecule has 1 aromatic heterocycles. The Bertz CT molecular complexity index is 1440. The third-order valence-corrected chi connectivity index (χ3v) is 6.54. The van der Waals surface area contributed by atoms with E-state index in [-0.39, 0.29) is 11.5 Å². The maximum Gasteiger partial charge on any atom is 0.282 e. The van der Waals surface area contributed by atoms with E-state index in [0.29, 0.717) is 22.3 Å². The lowest BCUT2D eigenvalue weighted by Crippen LogP contribution is -2.35. The van der Waals surface area contributed by atoms with Gasteiger partial charge in [0.05, 0.1) is 15.7 Å². The first kappa shape index (κ1) is 21.3. The van der Waals surface area contributed by atoms with Gasteiger partial charge in [-0.25, -0.2) is 5.01 Å². The fraction of sp³-hybridized carbons (Fsp3) is 0.0769. The van der Waals surface area contributed by atoms with E-state index in [1.165, 1.54) is 5.01 Å².